The van der Waals surface area contributed by atoms with Gasteiger partial charge in [-0.05, 0) is 44.9 Å². The average Bonchev–Trinajstić information content (AvgIpc) is 2.42. The summed E-state index contributed by atoms with van der Waals surface area (Å²) in [5.41, 5.74) is 2.59. The summed E-state index contributed by atoms with van der Waals surface area (Å²) in [6.45, 7) is 10.9. The first-order chi connectivity index (χ1) is 10.7. The van der Waals surface area contributed by atoms with E-state index in [1.54, 1.807) is 19.9 Å². The van der Waals surface area contributed by atoms with Gasteiger partial charge in [0.2, 0.25) is 5.78 Å². The number of fused-ring (bicyclic) bond motifs is 1. The first-order valence-corrected chi connectivity index (χ1v) is 7.48. The van der Waals surface area contributed by atoms with Crippen molar-refractivity contribution in [3.05, 3.63) is 68.4 Å². The molecular weight excluding hydrogens is 292 g/mol. The van der Waals surface area contributed by atoms with Gasteiger partial charge in [-0.25, -0.2) is 0 Å². The van der Waals surface area contributed by atoms with Crippen molar-refractivity contribution in [2.24, 2.45) is 0 Å². The highest BCUT2D eigenvalue weighted by Gasteiger charge is 2.38. The van der Waals surface area contributed by atoms with Crippen molar-refractivity contribution in [3.8, 4) is 0 Å². The molecule has 0 unspecified atom stereocenters. The molecule has 5 nitrogen and oxygen atoms in total. The highest BCUT2D eigenvalue weighted by Crippen LogP contribution is 2.33. The lowest BCUT2D eigenvalue weighted by Gasteiger charge is -2.29. The van der Waals surface area contributed by atoms with Crippen LogP contribution in [-0.4, -0.2) is 16.1 Å². The van der Waals surface area contributed by atoms with Gasteiger partial charge < -0.3 is 9.88 Å². The topological polar surface area (TPSA) is 68.2 Å². The maximum Gasteiger partial charge on any atom is 0.251 e. The molecule has 0 saturated carbocycles. The molecule has 0 atom stereocenters. The van der Waals surface area contributed by atoms with Gasteiger partial charge in [-0.1, -0.05) is 6.58 Å². The van der Waals surface area contributed by atoms with Crippen molar-refractivity contribution in [2.45, 2.75) is 33.7 Å². The number of rotatable bonds is 1. The Morgan fingerprint density at radius 3 is 2.39 bits per heavy atom. The Morgan fingerprint density at radius 2 is 1.78 bits per heavy atom. The van der Waals surface area contributed by atoms with Crippen LogP contribution < -0.4 is 10.9 Å². The van der Waals surface area contributed by atoms with Gasteiger partial charge in [0.1, 0.15) is 11.4 Å². The lowest BCUT2D eigenvalue weighted by atomic mass is 9.82. The summed E-state index contributed by atoms with van der Waals surface area (Å²) >= 11 is 0. The van der Waals surface area contributed by atoms with Crippen molar-refractivity contribution >= 4 is 11.6 Å². The SMILES string of the molecule is C=C1C=C(C)C2=C(N1)C(=O)c1c(c(C)cc(=O)n1C(C)C)C2=O. The number of dihydropyridines is 1. The minimum absolute atomic E-state index is 0.170. The summed E-state index contributed by atoms with van der Waals surface area (Å²) in [5, 5.41) is 2.90. The summed E-state index contributed by atoms with van der Waals surface area (Å²) in [6.07, 6.45) is 1.74. The average molecular weight is 310 g/mol. The van der Waals surface area contributed by atoms with Gasteiger partial charge in [0.15, 0.2) is 5.78 Å². The normalized spacial score (nSPS) is 17.1. The molecular formula is C18H18N2O3. The van der Waals surface area contributed by atoms with Crippen LogP contribution in [0.25, 0.3) is 0 Å². The van der Waals surface area contributed by atoms with E-state index in [-0.39, 0.29) is 34.6 Å². The molecule has 1 aromatic heterocycles. The van der Waals surface area contributed by atoms with Crippen LogP contribution in [0.15, 0.2) is 46.1 Å². The molecule has 0 bridgehead atoms. The number of ketones is 2. The predicted molar refractivity (Wildman–Crippen MR) is 87.5 cm³/mol. The van der Waals surface area contributed by atoms with E-state index in [1.165, 1.54) is 10.6 Å². The van der Waals surface area contributed by atoms with Crippen LogP contribution >= 0.6 is 0 Å². The van der Waals surface area contributed by atoms with Crippen LogP contribution in [0.4, 0.5) is 0 Å². The Morgan fingerprint density at radius 1 is 1.13 bits per heavy atom. The van der Waals surface area contributed by atoms with Gasteiger partial charge in [-0.2, -0.15) is 0 Å². The number of carbonyl (C=O) groups is 2. The summed E-state index contributed by atoms with van der Waals surface area (Å²) in [6, 6.07) is 1.20. The van der Waals surface area contributed by atoms with E-state index in [0.29, 0.717) is 28.0 Å². The van der Waals surface area contributed by atoms with Crippen LogP contribution in [0.3, 0.4) is 0 Å². The second-order valence-corrected chi connectivity index (χ2v) is 6.24. The summed E-state index contributed by atoms with van der Waals surface area (Å²) in [5.74, 6) is -0.562. The first-order valence-electron chi connectivity index (χ1n) is 7.48. The molecule has 1 aromatic rings. The molecule has 1 N–H and O–H groups in total. The fourth-order valence-electron chi connectivity index (χ4n) is 3.26. The van der Waals surface area contributed by atoms with Gasteiger partial charge in [0, 0.05) is 17.8 Å². The minimum Gasteiger partial charge on any atom is -0.352 e. The van der Waals surface area contributed by atoms with E-state index in [1.807, 2.05) is 13.8 Å². The van der Waals surface area contributed by atoms with Gasteiger partial charge in [-0.15, -0.1) is 0 Å². The molecule has 0 amide bonds. The van der Waals surface area contributed by atoms with Crippen molar-refractivity contribution in [1.29, 1.82) is 0 Å². The highest BCUT2D eigenvalue weighted by atomic mass is 16.1. The third kappa shape index (κ3) is 2.04. The lowest BCUT2D eigenvalue weighted by Crippen LogP contribution is -2.39. The number of aromatic nitrogens is 1. The molecule has 0 saturated heterocycles. The van der Waals surface area contributed by atoms with E-state index in [2.05, 4.69) is 11.9 Å². The second kappa shape index (κ2) is 4.91. The number of pyridine rings is 1. The molecule has 1 aliphatic carbocycles. The third-order valence-electron chi connectivity index (χ3n) is 4.18. The fourth-order valence-corrected chi connectivity index (χ4v) is 3.26. The number of hydrogen-bond donors (Lipinski definition) is 1. The zero-order valence-corrected chi connectivity index (χ0v) is 13.6. The summed E-state index contributed by atoms with van der Waals surface area (Å²) in [7, 11) is 0. The second-order valence-electron chi connectivity index (χ2n) is 6.24. The molecule has 0 spiro atoms. The molecule has 0 fully saturated rings. The van der Waals surface area contributed by atoms with Crippen LogP contribution in [0.2, 0.25) is 0 Å². The lowest BCUT2D eigenvalue weighted by molar-refractivity contribution is 0.0960. The van der Waals surface area contributed by atoms with E-state index in [0.717, 1.165) is 0 Å². The molecule has 23 heavy (non-hydrogen) atoms. The van der Waals surface area contributed by atoms with Crippen LogP contribution in [-0.2, 0) is 0 Å². The Bertz CT molecular complexity index is 911. The van der Waals surface area contributed by atoms with Gasteiger partial charge in [0.05, 0.1) is 11.1 Å². The van der Waals surface area contributed by atoms with E-state index >= 15 is 0 Å². The van der Waals surface area contributed by atoms with Gasteiger partial charge in [0.25, 0.3) is 5.56 Å². The van der Waals surface area contributed by atoms with Crippen LogP contribution in [0, 0.1) is 6.92 Å². The van der Waals surface area contributed by atoms with Crippen molar-refractivity contribution in [3.63, 3.8) is 0 Å². The molecule has 5 heteroatoms. The van der Waals surface area contributed by atoms with Crippen LogP contribution in [0.1, 0.15) is 53.2 Å². The number of hydrogen-bond acceptors (Lipinski definition) is 4. The fraction of sp³-hybridized carbons (Fsp3) is 0.278. The van der Waals surface area contributed by atoms with Crippen molar-refractivity contribution in [2.75, 3.05) is 0 Å². The van der Waals surface area contributed by atoms with E-state index < -0.39 is 0 Å². The Kier molecular flexibility index (Phi) is 3.25. The first kappa shape index (κ1) is 15.2. The molecule has 3 rings (SSSR count). The monoisotopic (exact) mass is 310 g/mol. The third-order valence-corrected chi connectivity index (χ3v) is 4.18. The Labute approximate surface area is 134 Å². The number of aryl methyl sites for hydroxylation is 1. The maximum atomic E-state index is 13.0. The molecule has 118 valence electrons. The van der Waals surface area contributed by atoms with Gasteiger partial charge >= 0.3 is 0 Å². The zero-order chi connectivity index (χ0) is 17.0. The number of carbonyl (C=O) groups excluding carboxylic acids is 2. The van der Waals surface area contributed by atoms with Gasteiger partial charge in [-0.3, -0.25) is 14.4 Å². The number of nitrogens with zero attached hydrogens (tertiary/aromatic N) is 1. The molecule has 0 aromatic carbocycles. The van der Waals surface area contributed by atoms with Crippen molar-refractivity contribution < 1.29 is 9.59 Å². The quantitative estimate of drug-likeness (QED) is 0.865. The molecule has 1 aliphatic heterocycles. The zero-order valence-electron chi connectivity index (χ0n) is 13.6. The Balaban J connectivity index is 2.40. The largest absolute Gasteiger partial charge is 0.352 e. The molecule has 0 radical (unpaired) electrons. The minimum atomic E-state index is -0.335. The smallest absolute Gasteiger partial charge is 0.251 e. The number of Topliss-reactive ketones (excluding diaryl/α,β-unsaturated/α-hetero) is 2. The standard InChI is InChI=1S/C18H18N2O3/c1-8(2)20-12(21)7-10(4)14-16(20)18(23)15-13(17(14)22)9(3)6-11(5)19-15/h6-8,19H,5H2,1-4H3. The van der Waals surface area contributed by atoms with E-state index in [9.17, 15) is 14.4 Å². The molecule has 2 heterocycles. The summed E-state index contributed by atoms with van der Waals surface area (Å²) in [4.78, 5) is 38.3. The summed E-state index contributed by atoms with van der Waals surface area (Å²) < 4.78 is 1.39. The number of nitrogens with one attached hydrogen (secondary N) is 1. The highest BCUT2D eigenvalue weighted by molar-refractivity contribution is 6.28. The maximum absolute atomic E-state index is 13.0. The predicted octanol–water partition coefficient (Wildman–Crippen LogP) is 2.43. The van der Waals surface area contributed by atoms with E-state index in [4.69, 9.17) is 0 Å². The van der Waals surface area contributed by atoms with Crippen molar-refractivity contribution in [1.82, 2.24) is 9.88 Å². The van der Waals surface area contributed by atoms with Crippen LogP contribution in [0.5, 0.6) is 0 Å². The Hall–Kier alpha value is -2.69. The molecule has 2 aliphatic rings. The number of allylic oxidation sites excluding steroid dienone is 4.